The summed E-state index contributed by atoms with van der Waals surface area (Å²) in [6.45, 7) is 0.994. The molecule has 5 atom stereocenters. The van der Waals surface area contributed by atoms with Crippen LogP contribution in [0.4, 0.5) is 10.1 Å². The molecule has 12 nitrogen and oxygen atoms in total. The van der Waals surface area contributed by atoms with Gasteiger partial charge in [0.25, 0.3) is 0 Å². The third kappa shape index (κ3) is 5.80. The van der Waals surface area contributed by atoms with Crippen LogP contribution in [-0.4, -0.2) is 66.5 Å². The van der Waals surface area contributed by atoms with Gasteiger partial charge in [-0.1, -0.05) is 29.8 Å². The maximum absolute atomic E-state index is 14.2. The number of phosphoric acid groups is 1. The number of fused-ring (bicyclic) bond motifs is 1. The number of rotatable bonds is 9. The van der Waals surface area contributed by atoms with E-state index in [1.807, 2.05) is 0 Å². The number of aliphatic hydroxyl groups excluding tert-OH is 2. The fourth-order valence-corrected chi connectivity index (χ4v) is 4.22. The van der Waals surface area contributed by atoms with Crippen molar-refractivity contribution < 1.29 is 43.0 Å². The van der Waals surface area contributed by atoms with Gasteiger partial charge in [-0.2, -0.15) is 5.10 Å². The monoisotopic (exact) mass is 532 g/mol. The molecule has 0 aliphatic carbocycles. The average molecular weight is 533 g/mol. The van der Waals surface area contributed by atoms with E-state index in [4.69, 9.17) is 30.9 Å². The molecule has 5 N–H and O–H groups in total. The molecule has 3 aromatic rings. The van der Waals surface area contributed by atoms with Crippen molar-refractivity contribution in [3.8, 4) is 0 Å². The van der Waals surface area contributed by atoms with E-state index in [9.17, 15) is 19.2 Å². The molecule has 0 spiro atoms. The number of halogens is 2. The minimum Gasteiger partial charge on any atom is -0.385 e. The second-order valence-electron chi connectivity index (χ2n) is 7.78. The molecule has 1 aromatic carbocycles. The zero-order valence-electron chi connectivity index (χ0n) is 18.2. The standard InChI is InChI=1S/C20H23ClFN4O8P/c1-10(11-4-2-3-5-13(11)22)24-14-8-15(21)25-18-12(14)9-23-26(18)19-16(27)17(28)20(34-19)32-6-7-33-35(29,30)31/h2-5,8-10,16-17,19-20,27-28H,6-7H2,1H3,(H,24,25)(H2,29,30,31)/t10-,16+,17-,19+,20-/m0/s1. The number of nitrogens with zero attached hydrogens (tertiary/aromatic N) is 3. The van der Waals surface area contributed by atoms with Gasteiger partial charge in [-0.25, -0.2) is 18.6 Å². The van der Waals surface area contributed by atoms with Gasteiger partial charge in [0.05, 0.1) is 36.5 Å². The first kappa shape index (κ1) is 25.9. The van der Waals surface area contributed by atoms with Crippen LogP contribution in [0, 0.1) is 5.82 Å². The Morgan fingerprint density at radius 1 is 1.29 bits per heavy atom. The van der Waals surface area contributed by atoms with Crippen LogP contribution in [0.15, 0.2) is 36.5 Å². The molecule has 0 amide bonds. The lowest BCUT2D eigenvalue weighted by atomic mass is 10.1. The number of aliphatic hydroxyl groups is 2. The summed E-state index contributed by atoms with van der Waals surface area (Å²) in [7, 11) is -4.67. The van der Waals surface area contributed by atoms with E-state index in [0.29, 0.717) is 16.6 Å². The highest BCUT2D eigenvalue weighted by Crippen LogP contribution is 2.37. The molecule has 0 unspecified atom stereocenters. The van der Waals surface area contributed by atoms with Gasteiger partial charge in [-0.05, 0) is 19.1 Å². The lowest BCUT2D eigenvalue weighted by Gasteiger charge is -2.18. The lowest BCUT2D eigenvalue weighted by Crippen LogP contribution is -2.33. The molecule has 1 saturated heterocycles. The molecule has 0 saturated carbocycles. The largest absolute Gasteiger partial charge is 0.469 e. The molecule has 0 radical (unpaired) electrons. The quantitative estimate of drug-likeness (QED) is 0.155. The topological polar surface area (TPSA) is 168 Å². The van der Waals surface area contributed by atoms with Crippen molar-refractivity contribution in [3.63, 3.8) is 0 Å². The van der Waals surface area contributed by atoms with Crippen LogP contribution in [0.1, 0.15) is 24.8 Å². The van der Waals surface area contributed by atoms with Crippen LogP contribution < -0.4 is 5.32 Å². The normalized spacial score (nSPS) is 23.6. The fraction of sp³-hybridized carbons (Fsp3) is 0.400. The Morgan fingerprint density at radius 2 is 2.03 bits per heavy atom. The first-order valence-corrected chi connectivity index (χ1v) is 12.3. The molecule has 35 heavy (non-hydrogen) atoms. The van der Waals surface area contributed by atoms with Crippen LogP contribution in [0.2, 0.25) is 5.15 Å². The number of pyridine rings is 1. The van der Waals surface area contributed by atoms with Crippen molar-refractivity contribution in [2.24, 2.45) is 0 Å². The van der Waals surface area contributed by atoms with Crippen molar-refractivity contribution in [3.05, 3.63) is 53.1 Å². The van der Waals surface area contributed by atoms with Gasteiger partial charge in [-0.3, -0.25) is 4.52 Å². The number of benzene rings is 1. The van der Waals surface area contributed by atoms with Gasteiger partial charge < -0.3 is 34.8 Å². The van der Waals surface area contributed by atoms with E-state index < -0.39 is 45.2 Å². The predicted molar refractivity (Wildman–Crippen MR) is 121 cm³/mol. The van der Waals surface area contributed by atoms with E-state index in [2.05, 4.69) is 19.9 Å². The van der Waals surface area contributed by atoms with Gasteiger partial charge in [-0.15, -0.1) is 0 Å². The Hall–Kier alpha value is -2.19. The Kier molecular flexibility index (Phi) is 7.71. The maximum Gasteiger partial charge on any atom is 0.469 e. The number of hydrogen-bond acceptors (Lipinski definition) is 9. The second kappa shape index (κ2) is 10.4. The first-order valence-electron chi connectivity index (χ1n) is 10.4. The zero-order chi connectivity index (χ0) is 25.3. The number of aromatic nitrogens is 3. The minimum atomic E-state index is -4.67. The van der Waals surface area contributed by atoms with Crippen LogP contribution in [0.25, 0.3) is 11.0 Å². The van der Waals surface area contributed by atoms with E-state index in [0.717, 1.165) is 0 Å². The Morgan fingerprint density at radius 3 is 2.74 bits per heavy atom. The molecule has 15 heteroatoms. The van der Waals surface area contributed by atoms with Crippen LogP contribution in [0.5, 0.6) is 0 Å². The van der Waals surface area contributed by atoms with Crippen molar-refractivity contribution >= 4 is 36.1 Å². The van der Waals surface area contributed by atoms with Crippen molar-refractivity contribution in [1.29, 1.82) is 0 Å². The predicted octanol–water partition coefficient (Wildman–Crippen LogP) is 2.10. The molecule has 1 aliphatic heterocycles. The van der Waals surface area contributed by atoms with Gasteiger partial charge in [0.2, 0.25) is 0 Å². The number of nitrogens with one attached hydrogen (secondary N) is 1. The molecule has 3 heterocycles. The lowest BCUT2D eigenvalue weighted by molar-refractivity contribution is -0.180. The van der Waals surface area contributed by atoms with E-state index in [-0.39, 0.29) is 23.2 Å². The Bertz CT molecular complexity index is 1240. The van der Waals surface area contributed by atoms with E-state index in [1.165, 1.54) is 16.9 Å². The summed E-state index contributed by atoms with van der Waals surface area (Å²) >= 11 is 6.21. The molecule has 1 fully saturated rings. The first-order chi connectivity index (χ1) is 16.5. The molecule has 0 bridgehead atoms. The molecular formula is C20H23ClFN4O8P. The fourth-order valence-electron chi connectivity index (χ4n) is 3.72. The van der Waals surface area contributed by atoms with E-state index in [1.54, 1.807) is 31.2 Å². The summed E-state index contributed by atoms with van der Waals surface area (Å²) in [5.74, 6) is -0.367. The number of hydrogen-bond donors (Lipinski definition) is 5. The minimum absolute atomic E-state index is 0.0953. The van der Waals surface area contributed by atoms with Crippen LogP contribution in [0.3, 0.4) is 0 Å². The van der Waals surface area contributed by atoms with Crippen molar-refractivity contribution in [2.45, 2.75) is 37.7 Å². The summed E-state index contributed by atoms with van der Waals surface area (Å²) in [5.41, 5.74) is 1.18. The highest BCUT2D eigenvalue weighted by atomic mass is 35.5. The third-order valence-corrected chi connectivity index (χ3v) is 6.05. The third-order valence-electron chi connectivity index (χ3n) is 5.34. The summed E-state index contributed by atoms with van der Waals surface area (Å²) in [6.07, 6.45) is -4.04. The Labute approximate surface area is 203 Å². The molecule has 2 aromatic heterocycles. The van der Waals surface area contributed by atoms with Crippen LogP contribution in [-0.2, 0) is 18.6 Å². The molecule has 4 rings (SSSR count). The smallest absolute Gasteiger partial charge is 0.385 e. The van der Waals surface area contributed by atoms with Crippen molar-refractivity contribution in [2.75, 3.05) is 18.5 Å². The summed E-state index contributed by atoms with van der Waals surface area (Å²) in [5, 5.41) is 28.8. The number of anilines is 1. The van der Waals surface area contributed by atoms with Gasteiger partial charge in [0.15, 0.2) is 18.2 Å². The average Bonchev–Trinajstić information content (AvgIpc) is 3.32. The number of phosphoric ester groups is 1. The van der Waals surface area contributed by atoms with Gasteiger partial charge in [0, 0.05) is 5.56 Å². The van der Waals surface area contributed by atoms with Gasteiger partial charge in [0.1, 0.15) is 23.2 Å². The molecule has 1 aliphatic rings. The number of ether oxygens (including phenoxy) is 2. The maximum atomic E-state index is 14.2. The van der Waals surface area contributed by atoms with Crippen LogP contribution >= 0.6 is 19.4 Å². The Balaban J connectivity index is 1.54. The summed E-state index contributed by atoms with van der Waals surface area (Å²) in [6, 6.07) is 7.48. The second-order valence-corrected chi connectivity index (χ2v) is 9.40. The zero-order valence-corrected chi connectivity index (χ0v) is 19.9. The highest BCUT2D eigenvalue weighted by Gasteiger charge is 2.45. The van der Waals surface area contributed by atoms with E-state index >= 15 is 0 Å². The summed E-state index contributed by atoms with van der Waals surface area (Å²) < 4.78 is 41.3. The SMILES string of the molecule is C[C@H](Nc1cc(Cl)nc2c1cnn2[C@@H]1O[C@H](OCCOP(=O)(O)O)[C@@H](O)[C@H]1O)c1ccccc1F. The molecular weight excluding hydrogens is 510 g/mol. The van der Waals surface area contributed by atoms with Crippen molar-refractivity contribution in [1.82, 2.24) is 14.8 Å². The summed E-state index contributed by atoms with van der Waals surface area (Å²) in [4.78, 5) is 21.7. The highest BCUT2D eigenvalue weighted by molar-refractivity contribution is 7.46. The van der Waals surface area contributed by atoms with Gasteiger partial charge >= 0.3 is 7.82 Å². The molecule has 190 valence electrons.